The first-order valence-electron chi connectivity index (χ1n) is 4.16. The monoisotopic (exact) mass is 190 g/mol. The summed E-state index contributed by atoms with van der Waals surface area (Å²) in [4.78, 5) is 10.4. The molecule has 1 saturated carbocycles. The van der Waals surface area contributed by atoms with E-state index in [2.05, 4.69) is 5.10 Å². The molecule has 0 unspecified atom stereocenters. The van der Waals surface area contributed by atoms with Gasteiger partial charge in [-0.1, -0.05) is 13.3 Å². The van der Waals surface area contributed by atoms with Crippen molar-refractivity contribution in [1.82, 2.24) is 5.43 Å². The Morgan fingerprint density at radius 2 is 2.23 bits per heavy atom. The molecule has 0 spiro atoms. The van der Waals surface area contributed by atoms with E-state index in [1.165, 1.54) is 6.21 Å². The first kappa shape index (κ1) is 10.1. The topological polar surface area (TPSA) is 41.5 Å². The van der Waals surface area contributed by atoms with Gasteiger partial charge in [-0.2, -0.15) is 13.9 Å². The summed E-state index contributed by atoms with van der Waals surface area (Å²) < 4.78 is 23.3. The van der Waals surface area contributed by atoms with E-state index in [0.29, 0.717) is 0 Å². The van der Waals surface area contributed by atoms with Gasteiger partial charge < -0.3 is 0 Å². The molecule has 0 aromatic heterocycles. The van der Waals surface area contributed by atoms with E-state index >= 15 is 0 Å². The van der Waals surface area contributed by atoms with Gasteiger partial charge in [0.1, 0.15) is 0 Å². The summed E-state index contributed by atoms with van der Waals surface area (Å²) in [6, 6.07) is 0. The zero-order valence-corrected chi connectivity index (χ0v) is 7.39. The van der Waals surface area contributed by atoms with Crippen LogP contribution in [0.1, 0.15) is 26.2 Å². The Morgan fingerprint density at radius 1 is 1.62 bits per heavy atom. The van der Waals surface area contributed by atoms with Crippen molar-refractivity contribution in [2.24, 2.45) is 10.5 Å². The number of rotatable bonds is 3. The van der Waals surface area contributed by atoms with Gasteiger partial charge in [0.15, 0.2) is 0 Å². The molecule has 1 aliphatic rings. The summed E-state index contributed by atoms with van der Waals surface area (Å²) in [5.74, 6) is -1.35. The molecule has 1 amide bonds. The number of nitrogens with one attached hydrogen (secondary N) is 1. The lowest BCUT2D eigenvalue weighted by Gasteiger charge is -2.33. The molecule has 3 nitrogen and oxygen atoms in total. The Hall–Kier alpha value is -1.00. The Labute approximate surface area is 75.2 Å². The summed E-state index contributed by atoms with van der Waals surface area (Å²) in [5, 5.41) is 3.48. The number of halogens is 2. The lowest BCUT2D eigenvalue weighted by atomic mass is 9.72. The van der Waals surface area contributed by atoms with Crippen LogP contribution in [0, 0.1) is 5.41 Å². The molecule has 0 atom stereocenters. The van der Waals surface area contributed by atoms with Gasteiger partial charge in [0.25, 0.3) is 0 Å². The number of hydrazone groups is 1. The smallest absolute Gasteiger partial charge is 0.266 e. The highest BCUT2D eigenvalue weighted by Gasteiger charge is 2.29. The maximum Gasteiger partial charge on any atom is 0.317 e. The standard InChI is InChI=1S/C8H12F2N2O/c1-8(3-2-4-8)5-11-12-7(13)6(9)10/h5-6H,2-4H2,1H3,(H,12,13)/b11-5+. The molecule has 5 heteroatoms. The molecule has 0 saturated heterocycles. The molecule has 0 aliphatic heterocycles. The molecular formula is C8H12F2N2O. The number of alkyl halides is 2. The third-order valence-corrected chi connectivity index (χ3v) is 2.24. The first-order chi connectivity index (χ1) is 6.03. The third-order valence-electron chi connectivity index (χ3n) is 2.24. The van der Waals surface area contributed by atoms with E-state index in [4.69, 9.17) is 0 Å². The number of amides is 1. The molecule has 1 aliphatic carbocycles. The van der Waals surface area contributed by atoms with Crippen LogP contribution in [0.2, 0.25) is 0 Å². The molecule has 0 bridgehead atoms. The fraction of sp³-hybridized carbons (Fsp3) is 0.750. The van der Waals surface area contributed by atoms with E-state index in [0.717, 1.165) is 19.3 Å². The van der Waals surface area contributed by atoms with Crippen LogP contribution in [0.15, 0.2) is 5.10 Å². The second-order valence-corrected chi connectivity index (χ2v) is 3.54. The lowest BCUT2D eigenvalue weighted by molar-refractivity contribution is -0.131. The average molecular weight is 190 g/mol. The van der Waals surface area contributed by atoms with Gasteiger partial charge in [-0.05, 0) is 12.8 Å². The van der Waals surface area contributed by atoms with Crippen molar-refractivity contribution in [2.75, 3.05) is 0 Å². The van der Waals surface area contributed by atoms with Gasteiger partial charge in [-0.3, -0.25) is 4.79 Å². The Kier molecular flexibility index (Phi) is 2.95. The van der Waals surface area contributed by atoms with E-state index in [-0.39, 0.29) is 5.41 Å². The Balaban J connectivity index is 2.29. The SMILES string of the molecule is CC1(/C=N/NC(=O)C(F)F)CCC1. The largest absolute Gasteiger partial charge is 0.317 e. The minimum atomic E-state index is -2.99. The molecule has 0 aromatic rings. The molecule has 1 N–H and O–H groups in total. The summed E-state index contributed by atoms with van der Waals surface area (Å²) in [5.41, 5.74) is 1.78. The number of hydrogen-bond donors (Lipinski definition) is 1. The van der Waals surface area contributed by atoms with Gasteiger partial charge in [0.05, 0.1) is 0 Å². The summed E-state index contributed by atoms with van der Waals surface area (Å²) in [6.07, 6.45) is 1.68. The quantitative estimate of drug-likeness (QED) is 0.532. The van der Waals surface area contributed by atoms with Crippen molar-refractivity contribution in [3.8, 4) is 0 Å². The predicted octanol–water partition coefficient (Wildman–Crippen LogP) is 1.54. The number of carbonyl (C=O) groups excluding carboxylic acids is 1. The molecule has 1 rings (SSSR count). The van der Waals surface area contributed by atoms with Crippen LogP contribution in [0.25, 0.3) is 0 Å². The van der Waals surface area contributed by atoms with E-state index in [9.17, 15) is 13.6 Å². The van der Waals surface area contributed by atoms with Crippen LogP contribution >= 0.6 is 0 Å². The highest BCUT2D eigenvalue weighted by molar-refractivity contribution is 5.80. The number of carbonyl (C=O) groups is 1. The van der Waals surface area contributed by atoms with Crippen molar-refractivity contribution >= 4 is 12.1 Å². The minimum Gasteiger partial charge on any atom is -0.266 e. The van der Waals surface area contributed by atoms with Gasteiger partial charge in [0.2, 0.25) is 0 Å². The van der Waals surface area contributed by atoms with Gasteiger partial charge in [-0.15, -0.1) is 0 Å². The third kappa shape index (κ3) is 2.75. The Bertz CT molecular complexity index is 224. The van der Waals surface area contributed by atoms with E-state index in [1.807, 2.05) is 6.92 Å². The van der Waals surface area contributed by atoms with Crippen LogP contribution in [0.3, 0.4) is 0 Å². The van der Waals surface area contributed by atoms with Crippen molar-refractivity contribution in [1.29, 1.82) is 0 Å². The number of nitrogens with zero attached hydrogens (tertiary/aromatic N) is 1. The second kappa shape index (κ2) is 3.81. The van der Waals surface area contributed by atoms with Gasteiger partial charge >= 0.3 is 12.3 Å². The summed E-state index contributed by atoms with van der Waals surface area (Å²) >= 11 is 0. The molecule has 0 radical (unpaired) electrons. The maximum atomic E-state index is 11.7. The maximum absolute atomic E-state index is 11.7. The van der Waals surface area contributed by atoms with Crippen LogP contribution in [-0.4, -0.2) is 18.5 Å². The molecule has 1 fully saturated rings. The van der Waals surface area contributed by atoms with Crippen LogP contribution in [0.5, 0.6) is 0 Å². The van der Waals surface area contributed by atoms with Crippen molar-refractivity contribution in [3.05, 3.63) is 0 Å². The summed E-state index contributed by atoms with van der Waals surface area (Å²) in [6.45, 7) is 1.98. The summed E-state index contributed by atoms with van der Waals surface area (Å²) in [7, 11) is 0. The average Bonchev–Trinajstić information content (AvgIpc) is 2.01. The molecule has 74 valence electrons. The zero-order valence-electron chi connectivity index (χ0n) is 7.39. The van der Waals surface area contributed by atoms with E-state index < -0.39 is 12.3 Å². The predicted molar refractivity (Wildman–Crippen MR) is 44.6 cm³/mol. The second-order valence-electron chi connectivity index (χ2n) is 3.54. The normalized spacial score (nSPS) is 20.3. The van der Waals surface area contributed by atoms with Gasteiger partial charge in [-0.25, -0.2) is 5.43 Å². The minimum absolute atomic E-state index is 0.00456. The Morgan fingerprint density at radius 3 is 2.62 bits per heavy atom. The zero-order chi connectivity index (χ0) is 9.90. The van der Waals surface area contributed by atoms with E-state index in [1.54, 1.807) is 5.43 Å². The molecule has 0 aromatic carbocycles. The van der Waals surface area contributed by atoms with Crippen molar-refractivity contribution in [2.45, 2.75) is 32.6 Å². The highest BCUT2D eigenvalue weighted by Crippen LogP contribution is 2.38. The van der Waals surface area contributed by atoms with Crippen LogP contribution in [-0.2, 0) is 4.79 Å². The fourth-order valence-corrected chi connectivity index (χ4v) is 1.16. The highest BCUT2D eigenvalue weighted by atomic mass is 19.3. The van der Waals surface area contributed by atoms with Crippen molar-refractivity contribution < 1.29 is 13.6 Å². The van der Waals surface area contributed by atoms with Crippen molar-refractivity contribution in [3.63, 3.8) is 0 Å². The molecular weight excluding hydrogens is 178 g/mol. The number of hydrogen-bond acceptors (Lipinski definition) is 2. The first-order valence-corrected chi connectivity index (χ1v) is 4.16. The van der Waals surface area contributed by atoms with Crippen LogP contribution in [0.4, 0.5) is 8.78 Å². The fourth-order valence-electron chi connectivity index (χ4n) is 1.16. The van der Waals surface area contributed by atoms with Crippen LogP contribution < -0.4 is 5.43 Å². The lowest BCUT2D eigenvalue weighted by Crippen LogP contribution is -2.30. The molecule has 13 heavy (non-hydrogen) atoms. The molecule has 0 heterocycles. The van der Waals surface area contributed by atoms with Gasteiger partial charge in [0, 0.05) is 11.6 Å².